The molecule has 1 aliphatic heterocycles. The second-order valence-electron chi connectivity index (χ2n) is 6.53. The average Bonchev–Trinajstić information content (AvgIpc) is 3.21. The van der Waals surface area contributed by atoms with Crippen molar-refractivity contribution in [2.45, 2.75) is 13.0 Å². The average molecular weight is 389 g/mol. The lowest BCUT2D eigenvalue weighted by atomic mass is 9.94. The molecule has 0 aliphatic carbocycles. The Morgan fingerprint density at radius 3 is 2.52 bits per heavy atom. The molecule has 2 heterocycles. The van der Waals surface area contributed by atoms with E-state index in [-0.39, 0.29) is 5.91 Å². The van der Waals surface area contributed by atoms with Gasteiger partial charge in [-0.25, -0.2) is 9.48 Å². The van der Waals surface area contributed by atoms with Crippen LogP contribution in [0.4, 0.5) is 11.6 Å². The van der Waals surface area contributed by atoms with Crippen LogP contribution >= 0.6 is 0 Å². The maximum atomic E-state index is 13.2. The van der Waals surface area contributed by atoms with Crippen molar-refractivity contribution < 1.29 is 14.3 Å². The molecule has 1 aromatic heterocycles. The molecule has 0 saturated heterocycles. The third-order valence-corrected chi connectivity index (χ3v) is 4.72. The van der Waals surface area contributed by atoms with Crippen molar-refractivity contribution in [2.75, 3.05) is 17.7 Å². The van der Waals surface area contributed by atoms with Gasteiger partial charge in [-0.3, -0.25) is 4.79 Å². The van der Waals surface area contributed by atoms with E-state index < -0.39 is 12.0 Å². The van der Waals surface area contributed by atoms with Crippen LogP contribution in [0.1, 0.15) is 28.9 Å². The predicted molar refractivity (Wildman–Crippen MR) is 107 cm³/mol. The zero-order chi connectivity index (χ0) is 20.4. The number of para-hydroxylation sites is 1. The summed E-state index contributed by atoms with van der Waals surface area (Å²) in [6.45, 7) is 1.83. The second kappa shape index (κ2) is 7.59. The Hall–Kier alpha value is -3.94. The number of carbonyl (C=O) groups is 2. The molecule has 8 nitrogen and oxygen atoms in total. The highest BCUT2D eigenvalue weighted by Crippen LogP contribution is 2.35. The smallest absolute Gasteiger partial charge is 0.337 e. The number of nitrogens with zero attached hydrogens (tertiary/aromatic N) is 3. The van der Waals surface area contributed by atoms with Crippen LogP contribution in [0.5, 0.6) is 0 Å². The maximum Gasteiger partial charge on any atom is 0.337 e. The topological polar surface area (TPSA) is 98.1 Å². The van der Waals surface area contributed by atoms with Crippen molar-refractivity contribution >= 4 is 23.5 Å². The first kappa shape index (κ1) is 18.4. The molecule has 1 amide bonds. The molecule has 29 heavy (non-hydrogen) atoms. The zero-order valence-corrected chi connectivity index (χ0v) is 15.9. The number of allylic oxidation sites excluding steroid dienone is 1. The molecule has 146 valence electrons. The van der Waals surface area contributed by atoms with E-state index in [2.05, 4.69) is 20.7 Å². The van der Waals surface area contributed by atoms with Gasteiger partial charge in [0.1, 0.15) is 12.4 Å². The van der Waals surface area contributed by atoms with Crippen molar-refractivity contribution in [1.82, 2.24) is 14.8 Å². The minimum atomic E-state index is -0.496. The minimum absolute atomic E-state index is 0.246. The standard InChI is InChI=1S/C21H19N5O3/c1-13-17(19(27)25-16-6-4-3-5-7-16)18(26-21(24-13)22-12-23-26)14-8-10-15(11-9-14)20(28)29-2/h3-12,18H,1-2H3,(H,25,27)(H,22,23,24)/t18-/m1/s1. The first-order chi connectivity index (χ1) is 14.1. The maximum absolute atomic E-state index is 13.2. The number of esters is 1. The summed E-state index contributed by atoms with van der Waals surface area (Å²) in [4.78, 5) is 29.1. The number of ether oxygens (including phenoxy) is 1. The van der Waals surface area contributed by atoms with Crippen LogP contribution in [0.2, 0.25) is 0 Å². The third kappa shape index (κ3) is 3.47. The van der Waals surface area contributed by atoms with Crippen LogP contribution in [0.3, 0.4) is 0 Å². The summed E-state index contributed by atoms with van der Waals surface area (Å²) >= 11 is 0. The third-order valence-electron chi connectivity index (χ3n) is 4.72. The highest BCUT2D eigenvalue weighted by atomic mass is 16.5. The van der Waals surface area contributed by atoms with Crippen molar-refractivity contribution in [2.24, 2.45) is 0 Å². The summed E-state index contributed by atoms with van der Waals surface area (Å²) in [6, 6.07) is 15.7. The summed E-state index contributed by atoms with van der Waals surface area (Å²) in [5, 5.41) is 10.4. The predicted octanol–water partition coefficient (Wildman–Crippen LogP) is 2.99. The van der Waals surface area contributed by atoms with E-state index in [9.17, 15) is 9.59 Å². The molecular formula is C21H19N5O3. The number of methoxy groups -OCH3 is 1. The number of amides is 1. The van der Waals surface area contributed by atoms with E-state index in [4.69, 9.17) is 4.74 Å². The van der Waals surface area contributed by atoms with E-state index in [0.717, 1.165) is 5.56 Å². The van der Waals surface area contributed by atoms with Gasteiger partial charge in [-0.2, -0.15) is 10.1 Å². The molecule has 0 fully saturated rings. The molecular weight excluding hydrogens is 370 g/mol. The number of fused-ring (bicyclic) bond motifs is 1. The molecule has 0 bridgehead atoms. The van der Waals surface area contributed by atoms with Crippen LogP contribution in [-0.4, -0.2) is 33.8 Å². The Kier molecular flexibility index (Phi) is 4.82. The number of carbonyl (C=O) groups excluding carboxylic acids is 2. The Morgan fingerprint density at radius 1 is 1.10 bits per heavy atom. The zero-order valence-electron chi connectivity index (χ0n) is 15.9. The van der Waals surface area contributed by atoms with Crippen LogP contribution < -0.4 is 10.6 Å². The van der Waals surface area contributed by atoms with Crippen molar-refractivity contribution in [3.63, 3.8) is 0 Å². The molecule has 0 saturated carbocycles. The summed E-state index contributed by atoms with van der Waals surface area (Å²) in [5.41, 5.74) is 3.11. The number of nitrogens with one attached hydrogen (secondary N) is 2. The van der Waals surface area contributed by atoms with E-state index in [0.29, 0.717) is 28.5 Å². The molecule has 0 unspecified atom stereocenters. The van der Waals surface area contributed by atoms with Crippen molar-refractivity contribution in [1.29, 1.82) is 0 Å². The van der Waals surface area contributed by atoms with Gasteiger partial charge in [-0.15, -0.1) is 0 Å². The lowest BCUT2D eigenvalue weighted by Crippen LogP contribution is -2.31. The number of aromatic nitrogens is 3. The van der Waals surface area contributed by atoms with Gasteiger partial charge in [0, 0.05) is 11.4 Å². The summed E-state index contributed by atoms with van der Waals surface area (Å²) in [6.07, 6.45) is 1.43. The number of benzene rings is 2. The fraction of sp³-hybridized carbons (Fsp3) is 0.143. The lowest BCUT2D eigenvalue weighted by molar-refractivity contribution is -0.113. The summed E-state index contributed by atoms with van der Waals surface area (Å²) in [7, 11) is 1.34. The SMILES string of the molecule is COC(=O)c1ccc([C@@H]2C(C(=O)Nc3ccccc3)=C(C)Nc3ncnn32)cc1. The van der Waals surface area contributed by atoms with Gasteiger partial charge in [-0.05, 0) is 36.8 Å². The van der Waals surface area contributed by atoms with Gasteiger partial charge in [0.15, 0.2) is 0 Å². The molecule has 8 heteroatoms. The molecule has 0 spiro atoms. The monoisotopic (exact) mass is 389 g/mol. The van der Waals surface area contributed by atoms with Gasteiger partial charge >= 0.3 is 5.97 Å². The Balaban J connectivity index is 1.74. The second-order valence-corrected chi connectivity index (χ2v) is 6.53. The molecule has 1 aliphatic rings. The molecule has 4 rings (SSSR count). The van der Waals surface area contributed by atoms with Gasteiger partial charge in [0.25, 0.3) is 5.91 Å². The largest absolute Gasteiger partial charge is 0.465 e. The number of hydrogen-bond donors (Lipinski definition) is 2. The highest BCUT2D eigenvalue weighted by molar-refractivity contribution is 6.06. The van der Waals surface area contributed by atoms with Crippen molar-refractivity contribution in [3.05, 3.63) is 83.3 Å². The molecule has 0 radical (unpaired) electrons. The van der Waals surface area contributed by atoms with Crippen molar-refractivity contribution in [3.8, 4) is 0 Å². The number of anilines is 2. The van der Waals surface area contributed by atoms with Crippen LogP contribution in [0.25, 0.3) is 0 Å². The van der Waals surface area contributed by atoms with Gasteiger partial charge in [0.2, 0.25) is 5.95 Å². The Labute approximate surface area is 167 Å². The molecule has 2 aromatic carbocycles. The first-order valence-corrected chi connectivity index (χ1v) is 9.00. The van der Waals surface area contributed by atoms with Gasteiger partial charge in [0.05, 0.1) is 18.2 Å². The Bertz CT molecular complexity index is 1090. The van der Waals surface area contributed by atoms with Gasteiger partial charge < -0.3 is 15.4 Å². The number of rotatable bonds is 4. The van der Waals surface area contributed by atoms with E-state index in [1.54, 1.807) is 28.9 Å². The van der Waals surface area contributed by atoms with E-state index in [1.165, 1.54) is 13.4 Å². The normalized spacial score (nSPS) is 15.3. The van der Waals surface area contributed by atoms with E-state index in [1.807, 2.05) is 37.3 Å². The molecule has 3 aromatic rings. The fourth-order valence-corrected chi connectivity index (χ4v) is 3.33. The lowest BCUT2D eigenvalue weighted by Gasteiger charge is -2.28. The summed E-state index contributed by atoms with van der Waals surface area (Å²) in [5.74, 6) is -0.123. The summed E-state index contributed by atoms with van der Waals surface area (Å²) < 4.78 is 6.41. The quantitative estimate of drug-likeness (QED) is 0.666. The minimum Gasteiger partial charge on any atom is -0.465 e. The highest BCUT2D eigenvalue weighted by Gasteiger charge is 2.33. The number of hydrogen-bond acceptors (Lipinski definition) is 6. The molecule has 2 N–H and O–H groups in total. The van der Waals surface area contributed by atoms with Crippen LogP contribution in [0, 0.1) is 0 Å². The van der Waals surface area contributed by atoms with Crippen LogP contribution in [0.15, 0.2) is 72.2 Å². The first-order valence-electron chi connectivity index (χ1n) is 9.00. The van der Waals surface area contributed by atoms with Gasteiger partial charge in [-0.1, -0.05) is 30.3 Å². The fourth-order valence-electron chi connectivity index (χ4n) is 3.33. The van der Waals surface area contributed by atoms with E-state index >= 15 is 0 Å². The van der Waals surface area contributed by atoms with Crippen LogP contribution in [-0.2, 0) is 9.53 Å². The molecule has 1 atom stereocenters. The Morgan fingerprint density at radius 2 is 1.83 bits per heavy atom.